The maximum atomic E-state index is 12.2. The molecule has 152 valence electrons. The van der Waals surface area contributed by atoms with Gasteiger partial charge in [0.25, 0.3) is 0 Å². The monoisotopic (exact) mass is 422 g/mol. The van der Waals surface area contributed by atoms with Crippen LogP contribution >= 0.6 is 23.6 Å². The second-order valence-electron chi connectivity index (χ2n) is 6.01. The predicted octanol–water partition coefficient (Wildman–Crippen LogP) is 3.95. The number of methoxy groups -OCH3 is 3. The number of esters is 1. The summed E-state index contributed by atoms with van der Waals surface area (Å²) in [5.74, 6) is 1.05. The van der Waals surface area contributed by atoms with E-state index in [2.05, 4.69) is 10.6 Å². The number of nitrogens with one attached hydrogen (secondary N) is 2. The molecule has 0 unspecified atom stereocenters. The van der Waals surface area contributed by atoms with E-state index in [9.17, 15) is 4.79 Å². The molecule has 1 aromatic carbocycles. The van der Waals surface area contributed by atoms with Gasteiger partial charge in [0, 0.05) is 11.4 Å². The zero-order chi connectivity index (χ0) is 20.7. The highest BCUT2D eigenvalue weighted by atomic mass is 32.1. The third-order valence-corrected chi connectivity index (χ3v) is 5.64. The SMILES string of the molecule is CCc1c(C)sc(NC(=S)NCCc2ccc(OC)c(OC)c2)c1C(=O)OC. The Kier molecular flexibility index (Phi) is 8.07. The van der Waals surface area contributed by atoms with Gasteiger partial charge in [0.1, 0.15) is 5.00 Å². The minimum atomic E-state index is -0.350. The lowest BCUT2D eigenvalue weighted by molar-refractivity contribution is 0.0601. The van der Waals surface area contributed by atoms with Crippen molar-refractivity contribution in [3.63, 3.8) is 0 Å². The van der Waals surface area contributed by atoms with Crippen LogP contribution in [0.2, 0.25) is 0 Å². The van der Waals surface area contributed by atoms with Crippen LogP contribution < -0.4 is 20.1 Å². The first-order valence-electron chi connectivity index (χ1n) is 8.91. The standard InChI is InChI=1S/C20H26N2O4S2/c1-6-14-12(2)28-18(17(14)19(23)26-5)22-20(27)21-10-9-13-7-8-15(24-3)16(11-13)25-4/h7-8,11H,6,9-10H2,1-5H3,(H2,21,22,27). The Balaban J connectivity index is 1.99. The molecule has 1 heterocycles. The number of hydrogen-bond donors (Lipinski definition) is 2. The average molecular weight is 423 g/mol. The summed E-state index contributed by atoms with van der Waals surface area (Å²) < 4.78 is 15.5. The third-order valence-electron chi connectivity index (χ3n) is 4.33. The largest absolute Gasteiger partial charge is 0.493 e. The summed E-state index contributed by atoms with van der Waals surface area (Å²) in [4.78, 5) is 13.3. The normalized spacial score (nSPS) is 10.3. The number of ether oxygens (including phenoxy) is 3. The van der Waals surface area contributed by atoms with Crippen molar-refractivity contribution in [1.82, 2.24) is 5.32 Å². The van der Waals surface area contributed by atoms with Crippen molar-refractivity contribution >= 4 is 39.6 Å². The summed E-state index contributed by atoms with van der Waals surface area (Å²) in [5, 5.41) is 7.50. The Morgan fingerprint density at radius 1 is 1.18 bits per heavy atom. The molecular formula is C20H26N2O4S2. The van der Waals surface area contributed by atoms with Gasteiger partial charge in [0.05, 0.1) is 26.9 Å². The van der Waals surface area contributed by atoms with Gasteiger partial charge in [-0.15, -0.1) is 11.3 Å². The van der Waals surface area contributed by atoms with Crippen molar-refractivity contribution < 1.29 is 19.0 Å². The second kappa shape index (κ2) is 10.3. The lowest BCUT2D eigenvalue weighted by atomic mass is 10.1. The van der Waals surface area contributed by atoms with Gasteiger partial charge in [0.2, 0.25) is 0 Å². The van der Waals surface area contributed by atoms with Crippen LogP contribution in [0.1, 0.15) is 33.3 Å². The Morgan fingerprint density at radius 3 is 2.50 bits per heavy atom. The van der Waals surface area contributed by atoms with Crippen molar-refractivity contribution in [2.45, 2.75) is 26.7 Å². The van der Waals surface area contributed by atoms with E-state index in [4.69, 9.17) is 26.4 Å². The molecule has 0 aliphatic carbocycles. The van der Waals surface area contributed by atoms with Crippen LogP contribution in [0.4, 0.5) is 5.00 Å². The average Bonchev–Trinajstić information content (AvgIpc) is 3.01. The highest BCUT2D eigenvalue weighted by Gasteiger charge is 2.22. The topological polar surface area (TPSA) is 68.8 Å². The van der Waals surface area contributed by atoms with E-state index in [0.29, 0.717) is 33.7 Å². The van der Waals surface area contributed by atoms with Gasteiger partial charge < -0.3 is 24.8 Å². The summed E-state index contributed by atoms with van der Waals surface area (Å²) in [5.41, 5.74) is 2.66. The van der Waals surface area contributed by atoms with Crippen LogP contribution in [-0.2, 0) is 17.6 Å². The molecule has 0 atom stereocenters. The number of benzene rings is 1. The molecule has 28 heavy (non-hydrogen) atoms. The van der Waals surface area contributed by atoms with E-state index >= 15 is 0 Å². The smallest absolute Gasteiger partial charge is 0.341 e. The molecular weight excluding hydrogens is 396 g/mol. The van der Waals surface area contributed by atoms with E-state index < -0.39 is 0 Å². The van der Waals surface area contributed by atoms with Crippen LogP contribution in [0.25, 0.3) is 0 Å². The fraction of sp³-hybridized carbons (Fsp3) is 0.400. The Labute approximate surface area is 175 Å². The molecule has 0 spiro atoms. The first kappa shape index (κ1) is 22.0. The van der Waals surface area contributed by atoms with Crippen LogP contribution in [0.3, 0.4) is 0 Å². The number of carbonyl (C=O) groups is 1. The van der Waals surface area contributed by atoms with Gasteiger partial charge in [-0.05, 0) is 55.2 Å². The molecule has 0 saturated carbocycles. The van der Waals surface area contributed by atoms with Gasteiger partial charge in [-0.25, -0.2) is 4.79 Å². The number of thiocarbonyl (C=S) groups is 1. The molecule has 2 aromatic rings. The summed E-state index contributed by atoms with van der Waals surface area (Å²) in [6, 6.07) is 5.82. The zero-order valence-electron chi connectivity index (χ0n) is 16.8. The zero-order valence-corrected chi connectivity index (χ0v) is 18.4. The first-order valence-corrected chi connectivity index (χ1v) is 10.1. The summed E-state index contributed by atoms with van der Waals surface area (Å²) >= 11 is 6.91. The molecule has 0 saturated heterocycles. The molecule has 0 amide bonds. The van der Waals surface area contributed by atoms with Gasteiger partial charge in [-0.3, -0.25) is 0 Å². The molecule has 0 aliphatic rings. The lowest BCUT2D eigenvalue weighted by Gasteiger charge is -2.12. The van der Waals surface area contributed by atoms with E-state index in [-0.39, 0.29) is 5.97 Å². The first-order chi connectivity index (χ1) is 13.4. The van der Waals surface area contributed by atoms with Crippen LogP contribution in [0.5, 0.6) is 11.5 Å². The molecule has 6 nitrogen and oxygen atoms in total. The molecule has 2 N–H and O–H groups in total. The quantitative estimate of drug-likeness (QED) is 0.493. The molecule has 8 heteroatoms. The van der Waals surface area contributed by atoms with Crippen LogP contribution in [0, 0.1) is 6.92 Å². The number of hydrogen-bond acceptors (Lipinski definition) is 6. The summed E-state index contributed by atoms with van der Waals surface area (Å²) in [7, 11) is 4.62. The van der Waals surface area contributed by atoms with Crippen molar-refractivity contribution in [2.24, 2.45) is 0 Å². The van der Waals surface area contributed by atoms with Crippen molar-refractivity contribution in [3.8, 4) is 11.5 Å². The van der Waals surface area contributed by atoms with Crippen LogP contribution in [-0.4, -0.2) is 39.0 Å². The molecule has 0 fully saturated rings. The molecule has 1 aromatic heterocycles. The number of carbonyl (C=O) groups excluding carboxylic acids is 1. The van der Waals surface area contributed by atoms with Gasteiger partial charge in [-0.1, -0.05) is 13.0 Å². The van der Waals surface area contributed by atoms with Crippen molar-refractivity contribution in [2.75, 3.05) is 33.2 Å². The fourth-order valence-electron chi connectivity index (χ4n) is 2.91. The summed E-state index contributed by atoms with van der Waals surface area (Å²) in [6.07, 6.45) is 1.52. The Hall–Kier alpha value is -2.32. The maximum Gasteiger partial charge on any atom is 0.341 e. The Bertz CT molecular complexity index is 849. The number of rotatable bonds is 8. The molecule has 0 radical (unpaired) electrons. The van der Waals surface area contributed by atoms with E-state index in [1.54, 1.807) is 14.2 Å². The molecule has 2 rings (SSSR count). The number of anilines is 1. The second-order valence-corrected chi connectivity index (χ2v) is 7.64. The van der Waals surface area contributed by atoms with E-state index in [0.717, 1.165) is 28.8 Å². The highest BCUT2D eigenvalue weighted by Crippen LogP contribution is 2.34. The van der Waals surface area contributed by atoms with E-state index in [1.165, 1.54) is 18.4 Å². The fourth-order valence-corrected chi connectivity index (χ4v) is 4.32. The Morgan fingerprint density at radius 2 is 1.89 bits per heavy atom. The minimum Gasteiger partial charge on any atom is -0.493 e. The summed E-state index contributed by atoms with van der Waals surface area (Å²) in [6.45, 7) is 4.65. The predicted molar refractivity (Wildman–Crippen MR) is 117 cm³/mol. The van der Waals surface area contributed by atoms with E-state index in [1.807, 2.05) is 32.0 Å². The van der Waals surface area contributed by atoms with Gasteiger partial charge in [-0.2, -0.15) is 0 Å². The van der Waals surface area contributed by atoms with Crippen LogP contribution in [0.15, 0.2) is 18.2 Å². The number of thiophene rings is 1. The van der Waals surface area contributed by atoms with Crippen molar-refractivity contribution in [3.05, 3.63) is 39.8 Å². The molecule has 0 bridgehead atoms. The third kappa shape index (κ3) is 5.14. The van der Waals surface area contributed by atoms with Crippen molar-refractivity contribution in [1.29, 1.82) is 0 Å². The maximum absolute atomic E-state index is 12.2. The molecule has 0 aliphatic heterocycles. The van der Waals surface area contributed by atoms with Gasteiger partial charge >= 0.3 is 5.97 Å². The number of aryl methyl sites for hydroxylation is 1. The lowest BCUT2D eigenvalue weighted by Crippen LogP contribution is -2.30. The minimum absolute atomic E-state index is 0.350. The highest BCUT2D eigenvalue weighted by molar-refractivity contribution is 7.80. The van der Waals surface area contributed by atoms with Gasteiger partial charge in [0.15, 0.2) is 16.6 Å².